The molecule has 0 aliphatic heterocycles. The molecule has 0 saturated carbocycles. The molecule has 61 heavy (non-hydrogen) atoms. The van der Waals surface area contributed by atoms with E-state index in [0.717, 1.165) is 103 Å². The van der Waals surface area contributed by atoms with Gasteiger partial charge in [0.2, 0.25) is 0 Å². The molecule has 0 N–H and O–H groups in total. The molecular weight excluding hydrogens is 757 g/mol. The van der Waals surface area contributed by atoms with Crippen LogP contribution < -0.4 is 0 Å². The Morgan fingerprint density at radius 3 is 1.02 bits per heavy atom. The van der Waals surface area contributed by atoms with E-state index in [1.165, 1.54) is 109 Å². The topological polar surface area (TPSA) is 78.9 Å². The van der Waals surface area contributed by atoms with E-state index in [9.17, 15) is 14.4 Å². The summed E-state index contributed by atoms with van der Waals surface area (Å²) in [7, 11) is 0. The first kappa shape index (κ1) is 58.1. The van der Waals surface area contributed by atoms with Gasteiger partial charge in [0.15, 0.2) is 6.10 Å². The molecule has 0 spiro atoms. The molecule has 0 aliphatic rings. The molecule has 0 aromatic rings. The Kier molecular flexibility index (Phi) is 47.4. The van der Waals surface area contributed by atoms with Gasteiger partial charge in [-0.2, -0.15) is 0 Å². The van der Waals surface area contributed by atoms with Crippen molar-refractivity contribution in [2.75, 3.05) is 13.2 Å². The van der Waals surface area contributed by atoms with Crippen molar-refractivity contribution >= 4 is 17.9 Å². The Hall–Kier alpha value is -2.89. The zero-order valence-electron chi connectivity index (χ0n) is 40.2. The monoisotopic (exact) mass is 853 g/mol. The van der Waals surface area contributed by atoms with Crippen molar-refractivity contribution in [1.29, 1.82) is 0 Å². The molecule has 1 unspecified atom stereocenters. The van der Waals surface area contributed by atoms with Crippen molar-refractivity contribution in [3.8, 4) is 0 Å². The third kappa shape index (κ3) is 48.0. The average Bonchev–Trinajstić information content (AvgIpc) is 3.26. The fourth-order valence-electron chi connectivity index (χ4n) is 7.13. The Bertz CT molecular complexity index is 1120. The van der Waals surface area contributed by atoms with Crippen LogP contribution in [0.1, 0.15) is 252 Å². The summed E-state index contributed by atoms with van der Waals surface area (Å²) in [5, 5.41) is 0. The van der Waals surface area contributed by atoms with Crippen molar-refractivity contribution in [1.82, 2.24) is 0 Å². The third-order valence-electron chi connectivity index (χ3n) is 11.0. The van der Waals surface area contributed by atoms with E-state index in [-0.39, 0.29) is 31.1 Å². The van der Waals surface area contributed by atoms with E-state index in [4.69, 9.17) is 14.2 Å². The summed E-state index contributed by atoms with van der Waals surface area (Å²) >= 11 is 0. The van der Waals surface area contributed by atoms with Crippen LogP contribution in [0.25, 0.3) is 0 Å². The molecule has 6 nitrogen and oxygen atoms in total. The molecule has 0 aromatic heterocycles. The van der Waals surface area contributed by atoms with Crippen molar-refractivity contribution < 1.29 is 28.6 Å². The lowest BCUT2D eigenvalue weighted by Crippen LogP contribution is -2.30. The number of esters is 3. The van der Waals surface area contributed by atoms with Crippen LogP contribution in [-0.4, -0.2) is 37.2 Å². The van der Waals surface area contributed by atoms with Gasteiger partial charge in [-0.05, 0) is 83.5 Å². The van der Waals surface area contributed by atoms with Gasteiger partial charge in [0.05, 0.1) is 0 Å². The second-order valence-electron chi connectivity index (χ2n) is 17.1. The highest BCUT2D eigenvalue weighted by Gasteiger charge is 2.19. The van der Waals surface area contributed by atoms with Gasteiger partial charge in [-0.1, -0.05) is 210 Å². The van der Waals surface area contributed by atoms with E-state index < -0.39 is 6.10 Å². The number of hydrogen-bond acceptors (Lipinski definition) is 6. The molecule has 1 atom stereocenters. The first-order valence-corrected chi connectivity index (χ1v) is 25.8. The van der Waals surface area contributed by atoms with Gasteiger partial charge in [-0.25, -0.2) is 0 Å². The van der Waals surface area contributed by atoms with Crippen LogP contribution in [0.15, 0.2) is 60.8 Å². The van der Waals surface area contributed by atoms with Crippen LogP contribution in [-0.2, 0) is 28.6 Å². The zero-order chi connectivity index (χ0) is 44.4. The number of allylic oxidation sites excluding steroid dienone is 10. The molecule has 0 fully saturated rings. The van der Waals surface area contributed by atoms with E-state index >= 15 is 0 Å². The highest BCUT2D eigenvalue weighted by Crippen LogP contribution is 2.14. The minimum Gasteiger partial charge on any atom is -0.462 e. The summed E-state index contributed by atoms with van der Waals surface area (Å²) in [6.45, 7) is 6.46. The number of carbonyl (C=O) groups is 3. The lowest BCUT2D eigenvalue weighted by Gasteiger charge is -2.18. The molecule has 0 bridgehead atoms. The summed E-state index contributed by atoms with van der Waals surface area (Å²) in [6.07, 6.45) is 60.8. The van der Waals surface area contributed by atoms with Gasteiger partial charge in [-0.3, -0.25) is 14.4 Å². The molecular formula is C55H96O6. The van der Waals surface area contributed by atoms with Crippen molar-refractivity contribution in [2.45, 2.75) is 258 Å². The van der Waals surface area contributed by atoms with Gasteiger partial charge in [0.1, 0.15) is 13.2 Å². The summed E-state index contributed by atoms with van der Waals surface area (Å²) < 4.78 is 16.7. The average molecular weight is 853 g/mol. The maximum absolute atomic E-state index is 12.7. The predicted molar refractivity (Wildman–Crippen MR) is 261 cm³/mol. The van der Waals surface area contributed by atoms with E-state index in [1.54, 1.807) is 0 Å². The van der Waals surface area contributed by atoms with Crippen molar-refractivity contribution in [2.24, 2.45) is 0 Å². The second kappa shape index (κ2) is 49.8. The van der Waals surface area contributed by atoms with Crippen LogP contribution in [0.5, 0.6) is 0 Å². The molecule has 0 aromatic carbocycles. The first-order valence-electron chi connectivity index (χ1n) is 25.8. The standard InChI is InChI=1S/C55H96O6/c1-4-7-10-13-16-18-20-22-24-26-27-28-29-30-32-33-35-37-39-42-45-48-54(57)60-51-52(50-59-53(56)47-44-41-15-12-9-6-3)61-55(58)49-46-43-40-38-36-34-31-25-23-21-19-17-14-11-8-5-2/h7,10,16,18,22,24-25,27-28,31,52H,4-6,8-9,11-15,17,19-21,23,26,29-30,32-51H2,1-3H3/b10-7-,18-16-,24-22-,28-27-,31-25-. The second-order valence-corrected chi connectivity index (χ2v) is 17.1. The van der Waals surface area contributed by atoms with Crippen molar-refractivity contribution in [3.05, 3.63) is 60.8 Å². The summed E-state index contributed by atoms with van der Waals surface area (Å²) in [5.41, 5.74) is 0. The van der Waals surface area contributed by atoms with E-state index in [2.05, 4.69) is 81.5 Å². The molecule has 0 amide bonds. The lowest BCUT2D eigenvalue weighted by molar-refractivity contribution is -0.167. The maximum Gasteiger partial charge on any atom is 0.306 e. The van der Waals surface area contributed by atoms with E-state index in [0.29, 0.717) is 19.3 Å². The zero-order valence-corrected chi connectivity index (χ0v) is 40.2. The summed E-state index contributed by atoms with van der Waals surface area (Å²) in [4.78, 5) is 37.7. The molecule has 0 saturated heterocycles. The van der Waals surface area contributed by atoms with Crippen LogP contribution in [0.2, 0.25) is 0 Å². The van der Waals surface area contributed by atoms with Gasteiger partial charge in [0, 0.05) is 19.3 Å². The van der Waals surface area contributed by atoms with Crippen LogP contribution in [0, 0.1) is 0 Å². The minimum atomic E-state index is -0.777. The van der Waals surface area contributed by atoms with E-state index in [1.807, 2.05) is 0 Å². The quantitative estimate of drug-likeness (QED) is 0.0263. The Morgan fingerprint density at radius 2 is 0.639 bits per heavy atom. The molecule has 352 valence electrons. The fourth-order valence-corrected chi connectivity index (χ4v) is 7.13. The highest BCUT2D eigenvalue weighted by atomic mass is 16.6. The number of ether oxygens (including phenoxy) is 3. The SMILES string of the molecule is CC/C=C\C/C=C\C/C=C\C/C=C\CCCCCCCCCCC(=O)OCC(COC(=O)CCCCCCCC)OC(=O)CCCCCCC/C=C\CCCCCCCCC. The lowest BCUT2D eigenvalue weighted by atomic mass is 10.1. The third-order valence-corrected chi connectivity index (χ3v) is 11.0. The van der Waals surface area contributed by atoms with Gasteiger partial charge >= 0.3 is 17.9 Å². The molecule has 6 heteroatoms. The van der Waals surface area contributed by atoms with Crippen LogP contribution >= 0.6 is 0 Å². The van der Waals surface area contributed by atoms with Gasteiger partial charge < -0.3 is 14.2 Å². The summed E-state index contributed by atoms with van der Waals surface area (Å²) in [6, 6.07) is 0. The number of hydrogen-bond donors (Lipinski definition) is 0. The van der Waals surface area contributed by atoms with Crippen molar-refractivity contribution in [3.63, 3.8) is 0 Å². The fraction of sp³-hybridized carbons (Fsp3) is 0.764. The maximum atomic E-state index is 12.7. The molecule has 0 heterocycles. The molecule has 0 radical (unpaired) electrons. The normalized spacial score (nSPS) is 12.5. The summed E-state index contributed by atoms with van der Waals surface area (Å²) in [5.74, 6) is -0.902. The Morgan fingerprint density at radius 1 is 0.344 bits per heavy atom. The number of rotatable bonds is 46. The predicted octanol–water partition coefficient (Wildman–Crippen LogP) is 16.9. The Labute approximate surface area is 377 Å². The first-order chi connectivity index (χ1) is 30.0. The smallest absolute Gasteiger partial charge is 0.306 e. The van der Waals surface area contributed by atoms with Gasteiger partial charge in [-0.15, -0.1) is 0 Å². The number of carbonyl (C=O) groups excluding carboxylic acids is 3. The van der Waals surface area contributed by atoms with Gasteiger partial charge in [0.25, 0.3) is 0 Å². The molecule has 0 rings (SSSR count). The Balaban J connectivity index is 4.22. The van der Waals surface area contributed by atoms with Crippen LogP contribution in [0.3, 0.4) is 0 Å². The highest BCUT2D eigenvalue weighted by molar-refractivity contribution is 5.71. The largest absolute Gasteiger partial charge is 0.462 e. The minimum absolute atomic E-state index is 0.0798. The van der Waals surface area contributed by atoms with Crippen LogP contribution in [0.4, 0.5) is 0 Å². The number of unbranched alkanes of at least 4 members (excludes halogenated alkanes) is 25. The molecule has 0 aliphatic carbocycles.